The summed E-state index contributed by atoms with van der Waals surface area (Å²) in [6.45, 7) is 0. The van der Waals surface area contributed by atoms with E-state index < -0.39 is 5.97 Å². The second-order valence-corrected chi connectivity index (χ2v) is 3.68. The van der Waals surface area contributed by atoms with Gasteiger partial charge in [0.25, 0.3) is 0 Å². The van der Waals surface area contributed by atoms with Gasteiger partial charge >= 0.3 is 5.97 Å². The van der Waals surface area contributed by atoms with Crippen LogP contribution in [0.4, 0.5) is 0 Å². The van der Waals surface area contributed by atoms with Gasteiger partial charge in [0.1, 0.15) is 22.3 Å². The summed E-state index contributed by atoms with van der Waals surface area (Å²) < 4.78 is 10.0. The maximum Gasteiger partial charge on any atom is 0.341 e. The van der Waals surface area contributed by atoms with Crippen molar-refractivity contribution >= 4 is 17.0 Å². The van der Waals surface area contributed by atoms with Gasteiger partial charge in [-0.25, -0.2) is 14.4 Å². The molecule has 0 saturated heterocycles. The number of rotatable bonds is 3. The van der Waals surface area contributed by atoms with Crippen molar-refractivity contribution in [1.29, 1.82) is 0 Å². The van der Waals surface area contributed by atoms with Crippen molar-refractivity contribution in [3.8, 4) is 11.6 Å². The fraction of sp³-hybridized carbons (Fsp3) is 0. The average molecular weight is 257 g/mol. The molecule has 1 aromatic carbocycles. The van der Waals surface area contributed by atoms with Crippen LogP contribution < -0.4 is 4.74 Å². The number of carbonyl (C=O) groups is 1. The summed E-state index contributed by atoms with van der Waals surface area (Å²) in [5.41, 5.74) is 1.10. The van der Waals surface area contributed by atoms with Crippen LogP contribution in [0.1, 0.15) is 10.4 Å². The molecule has 3 aromatic rings. The molecule has 0 aliphatic carbocycles. The molecule has 0 atom stereocenters. The highest BCUT2D eigenvalue weighted by atomic mass is 16.6. The fourth-order valence-corrected chi connectivity index (χ4v) is 1.57. The molecule has 3 rings (SSSR count). The molecule has 0 amide bonds. The van der Waals surface area contributed by atoms with Crippen molar-refractivity contribution in [3.05, 3.63) is 42.1 Å². The number of hydrogen-bond donors (Lipinski definition) is 1. The molecule has 0 spiro atoms. The molecule has 2 aromatic heterocycles. The Morgan fingerprint density at radius 2 is 2.05 bits per heavy atom. The molecule has 1 N–H and O–H groups in total. The molecule has 94 valence electrons. The second kappa shape index (κ2) is 4.37. The Morgan fingerprint density at radius 3 is 2.89 bits per heavy atom. The molecule has 19 heavy (non-hydrogen) atoms. The van der Waals surface area contributed by atoms with E-state index in [1.165, 1.54) is 18.3 Å². The number of carboxylic acid groups (broad SMARTS) is 1. The summed E-state index contributed by atoms with van der Waals surface area (Å²) >= 11 is 0. The van der Waals surface area contributed by atoms with Gasteiger partial charge in [-0.05, 0) is 34.6 Å². The molecule has 7 heteroatoms. The molecule has 0 bridgehead atoms. The van der Waals surface area contributed by atoms with E-state index in [1.54, 1.807) is 18.2 Å². The van der Waals surface area contributed by atoms with E-state index in [0.717, 1.165) is 0 Å². The summed E-state index contributed by atoms with van der Waals surface area (Å²) in [7, 11) is 0. The van der Waals surface area contributed by atoms with Gasteiger partial charge in [-0.2, -0.15) is 0 Å². The van der Waals surface area contributed by atoms with Gasteiger partial charge in [-0.15, -0.1) is 0 Å². The number of hydrogen-bond acceptors (Lipinski definition) is 6. The van der Waals surface area contributed by atoms with Crippen molar-refractivity contribution in [1.82, 2.24) is 15.3 Å². The quantitative estimate of drug-likeness (QED) is 0.767. The van der Waals surface area contributed by atoms with Crippen molar-refractivity contribution < 1.29 is 19.3 Å². The highest BCUT2D eigenvalue weighted by molar-refractivity contribution is 5.90. The van der Waals surface area contributed by atoms with E-state index in [2.05, 4.69) is 19.9 Å². The molecule has 7 nitrogen and oxygen atoms in total. The summed E-state index contributed by atoms with van der Waals surface area (Å²) in [4.78, 5) is 14.9. The van der Waals surface area contributed by atoms with Gasteiger partial charge in [0.2, 0.25) is 5.88 Å². The van der Waals surface area contributed by atoms with Crippen LogP contribution in [0.2, 0.25) is 0 Å². The third kappa shape index (κ3) is 2.08. The molecular weight excluding hydrogens is 250 g/mol. The van der Waals surface area contributed by atoms with Crippen LogP contribution >= 0.6 is 0 Å². The van der Waals surface area contributed by atoms with E-state index >= 15 is 0 Å². The first-order chi connectivity index (χ1) is 9.24. The zero-order valence-corrected chi connectivity index (χ0v) is 9.48. The van der Waals surface area contributed by atoms with Crippen molar-refractivity contribution in [2.75, 3.05) is 0 Å². The predicted molar refractivity (Wildman–Crippen MR) is 63.1 cm³/mol. The minimum absolute atomic E-state index is 0.0131. The summed E-state index contributed by atoms with van der Waals surface area (Å²) in [6.07, 6.45) is 1.46. The Bertz CT molecular complexity index is 753. The topological polar surface area (TPSA) is 98.3 Å². The lowest BCUT2D eigenvalue weighted by Gasteiger charge is -2.06. The van der Waals surface area contributed by atoms with Crippen LogP contribution in [0.5, 0.6) is 11.6 Å². The minimum Gasteiger partial charge on any atom is -0.477 e. The Balaban J connectivity index is 1.98. The number of fused-ring (bicyclic) bond motifs is 1. The van der Waals surface area contributed by atoms with Crippen LogP contribution in [0.15, 0.2) is 41.2 Å². The van der Waals surface area contributed by atoms with Crippen molar-refractivity contribution in [2.45, 2.75) is 0 Å². The molecule has 0 aliphatic rings. The zero-order chi connectivity index (χ0) is 13.2. The molecule has 0 unspecified atom stereocenters. The standard InChI is InChI=1S/C12H7N3O4/c16-12(17)8-2-1-5-13-11(8)18-7-3-4-9-10(6-7)15-19-14-9/h1-6H,(H,16,17). The molecule has 0 radical (unpaired) electrons. The van der Waals surface area contributed by atoms with Gasteiger partial charge in [0.05, 0.1) is 0 Å². The number of nitrogens with zero attached hydrogens (tertiary/aromatic N) is 3. The third-order valence-electron chi connectivity index (χ3n) is 2.44. The van der Waals surface area contributed by atoms with Crippen LogP contribution in [0, 0.1) is 0 Å². The highest BCUT2D eigenvalue weighted by Gasteiger charge is 2.13. The second-order valence-electron chi connectivity index (χ2n) is 3.68. The number of aromatic nitrogens is 3. The minimum atomic E-state index is -1.10. The Morgan fingerprint density at radius 1 is 1.21 bits per heavy atom. The first kappa shape index (κ1) is 11.1. The van der Waals surface area contributed by atoms with Gasteiger partial charge in [0.15, 0.2) is 0 Å². The largest absolute Gasteiger partial charge is 0.477 e. The van der Waals surface area contributed by atoms with Gasteiger partial charge in [0, 0.05) is 12.3 Å². The van der Waals surface area contributed by atoms with Crippen LogP contribution in [0.3, 0.4) is 0 Å². The molecule has 2 heterocycles. The lowest BCUT2D eigenvalue weighted by molar-refractivity contribution is 0.0693. The lowest BCUT2D eigenvalue weighted by Crippen LogP contribution is -2.01. The number of pyridine rings is 1. The first-order valence-corrected chi connectivity index (χ1v) is 5.32. The summed E-state index contributed by atoms with van der Waals surface area (Å²) in [5, 5.41) is 16.4. The Labute approximate surface area is 106 Å². The maximum absolute atomic E-state index is 11.0. The lowest BCUT2D eigenvalue weighted by atomic mass is 10.2. The van der Waals surface area contributed by atoms with E-state index in [4.69, 9.17) is 9.84 Å². The van der Waals surface area contributed by atoms with Crippen molar-refractivity contribution in [3.63, 3.8) is 0 Å². The Kier molecular flexibility index (Phi) is 2.57. The highest BCUT2D eigenvalue weighted by Crippen LogP contribution is 2.25. The fourth-order valence-electron chi connectivity index (χ4n) is 1.57. The molecular formula is C12H7N3O4. The number of aromatic carboxylic acids is 1. The summed E-state index contributed by atoms with van der Waals surface area (Å²) in [6, 6.07) is 7.82. The maximum atomic E-state index is 11.0. The van der Waals surface area contributed by atoms with Crippen LogP contribution in [0.25, 0.3) is 11.0 Å². The van der Waals surface area contributed by atoms with E-state index in [0.29, 0.717) is 16.8 Å². The molecule has 0 saturated carbocycles. The third-order valence-corrected chi connectivity index (χ3v) is 2.44. The first-order valence-electron chi connectivity index (χ1n) is 5.32. The van der Waals surface area contributed by atoms with Gasteiger partial charge < -0.3 is 9.84 Å². The molecule has 0 aliphatic heterocycles. The SMILES string of the molecule is O=C(O)c1cccnc1Oc1ccc2nonc2c1. The zero-order valence-electron chi connectivity index (χ0n) is 9.48. The van der Waals surface area contributed by atoms with Crippen molar-refractivity contribution in [2.24, 2.45) is 0 Å². The van der Waals surface area contributed by atoms with Gasteiger partial charge in [-0.3, -0.25) is 0 Å². The molecule has 0 fully saturated rings. The Hall–Kier alpha value is -2.96. The number of carboxylic acids is 1. The summed E-state index contributed by atoms with van der Waals surface area (Å²) in [5.74, 6) is -0.678. The van der Waals surface area contributed by atoms with Gasteiger partial charge in [-0.1, -0.05) is 0 Å². The normalized spacial score (nSPS) is 10.5. The number of benzene rings is 1. The predicted octanol–water partition coefficient (Wildman–Crippen LogP) is 2.11. The van der Waals surface area contributed by atoms with Crippen LogP contribution in [-0.2, 0) is 0 Å². The smallest absolute Gasteiger partial charge is 0.341 e. The van der Waals surface area contributed by atoms with E-state index in [1.807, 2.05) is 0 Å². The van der Waals surface area contributed by atoms with Crippen LogP contribution in [-0.4, -0.2) is 26.4 Å². The number of ether oxygens (including phenoxy) is 1. The van der Waals surface area contributed by atoms with E-state index in [9.17, 15) is 4.79 Å². The average Bonchev–Trinajstić information content (AvgIpc) is 2.86. The monoisotopic (exact) mass is 257 g/mol. The van der Waals surface area contributed by atoms with E-state index in [-0.39, 0.29) is 11.4 Å².